The number of aliphatic hydroxyl groups is 1. The number of unbranched alkanes of at least 4 members (excludes halogenated alkanes) is 2. The van der Waals surface area contributed by atoms with Gasteiger partial charge in [0.05, 0.1) is 18.3 Å². The number of hydrogen-bond acceptors (Lipinski definition) is 2. The molecule has 0 amide bonds. The molecule has 26 heavy (non-hydrogen) atoms. The van der Waals surface area contributed by atoms with Crippen molar-refractivity contribution >= 4 is 11.6 Å². The summed E-state index contributed by atoms with van der Waals surface area (Å²) in [6.07, 6.45) is 3.72. The number of ether oxygens (including phenoxy) is 1. The van der Waals surface area contributed by atoms with Crippen LogP contribution in [-0.2, 0) is 6.18 Å². The third-order valence-electron chi connectivity index (χ3n) is 4.88. The molecule has 0 spiro atoms. The van der Waals surface area contributed by atoms with Crippen LogP contribution < -0.4 is 4.74 Å². The molecule has 0 bridgehead atoms. The van der Waals surface area contributed by atoms with Crippen molar-refractivity contribution in [2.45, 2.75) is 56.7 Å². The molecule has 2 nitrogen and oxygen atoms in total. The molecule has 1 fully saturated rings. The molecule has 0 radical (unpaired) electrons. The van der Waals surface area contributed by atoms with E-state index in [0.717, 1.165) is 37.8 Å². The maximum Gasteiger partial charge on any atom is 0.416 e. The van der Waals surface area contributed by atoms with Crippen LogP contribution in [0.5, 0.6) is 5.75 Å². The first-order valence-corrected chi connectivity index (χ1v) is 9.53. The van der Waals surface area contributed by atoms with Gasteiger partial charge in [0.15, 0.2) is 0 Å². The maximum absolute atomic E-state index is 12.8. The molecule has 1 N–H and O–H groups in total. The van der Waals surface area contributed by atoms with Crippen molar-refractivity contribution in [3.05, 3.63) is 42.0 Å². The van der Waals surface area contributed by atoms with Crippen molar-refractivity contribution in [1.82, 2.24) is 0 Å². The molecule has 146 valence electrons. The van der Waals surface area contributed by atoms with Gasteiger partial charge in [-0.1, -0.05) is 38.0 Å². The Morgan fingerprint density at radius 3 is 2.73 bits per heavy atom. The molecule has 1 unspecified atom stereocenters. The molecular weight excluding hydrogens is 365 g/mol. The monoisotopic (exact) mass is 390 g/mol. The summed E-state index contributed by atoms with van der Waals surface area (Å²) in [5, 5.41) is 10.1. The van der Waals surface area contributed by atoms with Crippen LogP contribution in [0.15, 0.2) is 36.4 Å². The van der Waals surface area contributed by atoms with Crippen LogP contribution in [-0.4, -0.2) is 23.2 Å². The van der Waals surface area contributed by atoms with Crippen LogP contribution in [0.25, 0.3) is 0 Å². The van der Waals surface area contributed by atoms with Crippen molar-refractivity contribution in [3.63, 3.8) is 0 Å². The highest BCUT2D eigenvalue weighted by molar-refractivity contribution is 6.21. The van der Waals surface area contributed by atoms with Gasteiger partial charge in [0.25, 0.3) is 0 Å². The molecular formula is C20H26ClF3O2. The van der Waals surface area contributed by atoms with Gasteiger partial charge in [-0.25, -0.2) is 0 Å². The Bertz CT molecular complexity index is 589. The number of hydrogen-bond donors (Lipinski definition) is 1. The Balaban J connectivity index is 1.96. The Morgan fingerprint density at radius 1 is 1.27 bits per heavy atom. The van der Waals surface area contributed by atoms with Crippen molar-refractivity contribution in [2.75, 3.05) is 6.61 Å². The summed E-state index contributed by atoms with van der Waals surface area (Å²) < 4.78 is 44.0. The Morgan fingerprint density at radius 2 is 2.04 bits per heavy atom. The third kappa shape index (κ3) is 5.92. The van der Waals surface area contributed by atoms with E-state index in [0.29, 0.717) is 6.42 Å². The van der Waals surface area contributed by atoms with Crippen LogP contribution >= 0.6 is 11.6 Å². The molecule has 2 rings (SSSR count). The van der Waals surface area contributed by atoms with Crippen LogP contribution in [0.1, 0.15) is 44.6 Å². The summed E-state index contributed by atoms with van der Waals surface area (Å²) in [6, 6.07) is 4.81. The minimum absolute atomic E-state index is 0.0512. The quantitative estimate of drug-likeness (QED) is 0.344. The third-order valence-corrected chi connectivity index (χ3v) is 5.38. The van der Waals surface area contributed by atoms with E-state index in [1.54, 1.807) is 0 Å². The van der Waals surface area contributed by atoms with Gasteiger partial charge < -0.3 is 9.84 Å². The Hall–Kier alpha value is -1.20. The minimum Gasteiger partial charge on any atom is -0.493 e. The van der Waals surface area contributed by atoms with Crippen LogP contribution in [0, 0.1) is 11.8 Å². The Labute approximate surface area is 158 Å². The molecule has 0 heterocycles. The van der Waals surface area contributed by atoms with E-state index in [-0.39, 0.29) is 29.6 Å². The molecule has 1 aromatic rings. The lowest BCUT2D eigenvalue weighted by Crippen LogP contribution is -2.27. The lowest BCUT2D eigenvalue weighted by atomic mass is 9.92. The van der Waals surface area contributed by atoms with Gasteiger partial charge in [0.2, 0.25) is 0 Å². The highest BCUT2D eigenvalue weighted by atomic mass is 35.5. The second kappa shape index (κ2) is 9.65. The fraction of sp³-hybridized carbons (Fsp3) is 0.600. The van der Waals surface area contributed by atoms with Crippen molar-refractivity contribution < 1.29 is 23.0 Å². The number of allylic oxidation sites excluding steroid dienone is 2. The first-order valence-electron chi connectivity index (χ1n) is 9.10. The van der Waals surface area contributed by atoms with E-state index in [4.69, 9.17) is 16.3 Å². The fourth-order valence-corrected chi connectivity index (χ4v) is 3.81. The number of rotatable bonds is 8. The second-order valence-corrected chi connectivity index (χ2v) is 7.39. The highest BCUT2D eigenvalue weighted by Gasteiger charge is 2.41. The van der Waals surface area contributed by atoms with Gasteiger partial charge in [-0.2, -0.15) is 13.2 Å². The number of alkyl halides is 4. The van der Waals surface area contributed by atoms with E-state index >= 15 is 0 Å². The first-order chi connectivity index (χ1) is 12.3. The lowest BCUT2D eigenvalue weighted by Gasteiger charge is -2.23. The molecule has 1 aliphatic rings. The van der Waals surface area contributed by atoms with Crippen molar-refractivity contribution in [1.29, 1.82) is 0 Å². The smallest absolute Gasteiger partial charge is 0.416 e. The predicted octanol–water partition coefficient (Wildman–Crippen LogP) is 5.83. The summed E-state index contributed by atoms with van der Waals surface area (Å²) in [7, 11) is 0. The standard InChI is InChI=1S/C20H26ClF3O2/c1-2-3-4-5-6-10-16-17(19(25)12-18(16)21)13-26-15-9-7-8-14(11-15)20(22,23)24/h5-9,11,16-19,25H,2-4,10,12-13H2,1H3/b6-5-/t16-,17-,18?,19-/m1/s1. The molecule has 1 saturated carbocycles. The summed E-state index contributed by atoms with van der Waals surface area (Å²) in [5.74, 6) is 0.0143. The van der Waals surface area contributed by atoms with Crippen molar-refractivity contribution in [2.24, 2.45) is 11.8 Å². The van der Waals surface area contributed by atoms with Crippen molar-refractivity contribution in [3.8, 4) is 5.75 Å². The minimum atomic E-state index is -4.40. The van der Waals surface area contributed by atoms with Crippen LogP contribution in [0.2, 0.25) is 0 Å². The number of benzene rings is 1. The zero-order valence-corrected chi connectivity index (χ0v) is 15.6. The molecule has 0 aliphatic heterocycles. The molecule has 1 aliphatic carbocycles. The average molecular weight is 391 g/mol. The van der Waals surface area contributed by atoms with E-state index in [1.807, 2.05) is 0 Å². The van der Waals surface area contributed by atoms with Gasteiger partial charge in [-0.05, 0) is 43.4 Å². The largest absolute Gasteiger partial charge is 0.493 e. The zero-order valence-electron chi connectivity index (χ0n) is 14.9. The lowest BCUT2D eigenvalue weighted by molar-refractivity contribution is -0.137. The van der Waals surface area contributed by atoms with E-state index < -0.39 is 17.8 Å². The van der Waals surface area contributed by atoms with Crippen LogP contribution in [0.3, 0.4) is 0 Å². The van der Waals surface area contributed by atoms with Gasteiger partial charge in [0, 0.05) is 11.3 Å². The highest BCUT2D eigenvalue weighted by Crippen LogP contribution is 2.39. The summed E-state index contributed by atoms with van der Waals surface area (Å²) >= 11 is 6.38. The van der Waals surface area contributed by atoms with E-state index in [9.17, 15) is 18.3 Å². The van der Waals surface area contributed by atoms with Gasteiger partial charge >= 0.3 is 6.18 Å². The number of halogens is 4. The molecule has 4 atom stereocenters. The molecule has 1 aromatic carbocycles. The second-order valence-electron chi connectivity index (χ2n) is 6.83. The summed E-state index contributed by atoms with van der Waals surface area (Å²) in [6.45, 7) is 2.29. The topological polar surface area (TPSA) is 29.5 Å². The van der Waals surface area contributed by atoms with E-state index in [1.165, 1.54) is 12.1 Å². The SMILES string of the molecule is CCCC/C=C\C[C@H]1C(Cl)C[C@@H](O)[C@@H]1COc1cccc(C(F)(F)F)c1. The summed E-state index contributed by atoms with van der Waals surface area (Å²) in [4.78, 5) is 0. The maximum atomic E-state index is 12.8. The Kier molecular flexibility index (Phi) is 7.84. The molecule has 6 heteroatoms. The average Bonchev–Trinajstić information content (AvgIpc) is 2.85. The fourth-order valence-electron chi connectivity index (χ4n) is 3.34. The number of aliphatic hydroxyl groups excluding tert-OH is 1. The van der Waals surface area contributed by atoms with Gasteiger partial charge in [0.1, 0.15) is 5.75 Å². The zero-order chi connectivity index (χ0) is 19.2. The van der Waals surface area contributed by atoms with E-state index in [2.05, 4.69) is 19.1 Å². The van der Waals surface area contributed by atoms with Gasteiger partial charge in [-0.3, -0.25) is 0 Å². The first kappa shape index (κ1) is 21.1. The predicted molar refractivity (Wildman–Crippen MR) is 97.5 cm³/mol. The molecule has 0 saturated heterocycles. The van der Waals surface area contributed by atoms with Crippen LogP contribution in [0.4, 0.5) is 13.2 Å². The molecule has 0 aromatic heterocycles. The normalized spacial score (nSPS) is 26.5. The van der Waals surface area contributed by atoms with Gasteiger partial charge in [-0.15, -0.1) is 11.6 Å². The summed E-state index contributed by atoms with van der Waals surface area (Å²) in [5.41, 5.74) is -0.743.